The van der Waals surface area contributed by atoms with Gasteiger partial charge >= 0.3 is 12.1 Å². The van der Waals surface area contributed by atoms with Gasteiger partial charge < -0.3 is 29.4 Å². The van der Waals surface area contributed by atoms with Crippen LogP contribution in [0.1, 0.15) is 18.1 Å². The van der Waals surface area contributed by atoms with E-state index in [4.69, 9.17) is 18.9 Å². The van der Waals surface area contributed by atoms with Gasteiger partial charge in [0.2, 0.25) is 0 Å². The monoisotopic (exact) mass is 455 g/mol. The van der Waals surface area contributed by atoms with Crippen molar-refractivity contribution < 1.29 is 33.6 Å². The van der Waals surface area contributed by atoms with Gasteiger partial charge in [-0.25, -0.2) is 9.59 Å². The van der Waals surface area contributed by atoms with Crippen LogP contribution < -0.4 is 14.8 Å². The van der Waals surface area contributed by atoms with Gasteiger partial charge in [-0.2, -0.15) is 0 Å². The summed E-state index contributed by atoms with van der Waals surface area (Å²) in [5.41, 5.74) is 2.19. The second-order valence-corrected chi connectivity index (χ2v) is 7.46. The maximum absolute atomic E-state index is 12.5. The molecule has 0 fully saturated rings. The Bertz CT molecular complexity index is 1040. The molecule has 0 spiro atoms. The zero-order chi connectivity index (χ0) is 23.6. The van der Waals surface area contributed by atoms with Crippen LogP contribution in [0.4, 0.5) is 4.79 Å². The molecule has 1 amide bonds. The number of allylic oxidation sites excluding steroid dienone is 2. The zero-order valence-electron chi connectivity index (χ0n) is 18.7. The lowest BCUT2D eigenvalue weighted by atomic mass is 9.90. The Hall–Kier alpha value is -3.36. The minimum absolute atomic E-state index is 0.0853. The van der Waals surface area contributed by atoms with Crippen LogP contribution >= 0.6 is 0 Å². The molecule has 2 N–H and O–H groups in total. The maximum atomic E-state index is 12.5. The van der Waals surface area contributed by atoms with Gasteiger partial charge in [0.05, 0.1) is 19.8 Å². The van der Waals surface area contributed by atoms with Gasteiger partial charge in [0, 0.05) is 34.0 Å². The number of benzene rings is 2. The van der Waals surface area contributed by atoms with E-state index in [9.17, 15) is 14.7 Å². The number of aliphatic hydroxyl groups is 1. The van der Waals surface area contributed by atoms with E-state index in [0.29, 0.717) is 29.9 Å². The van der Waals surface area contributed by atoms with Crippen molar-refractivity contribution in [3.05, 3.63) is 59.7 Å². The van der Waals surface area contributed by atoms with E-state index in [1.807, 2.05) is 30.3 Å². The first kappa shape index (κ1) is 24.3. The summed E-state index contributed by atoms with van der Waals surface area (Å²) >= 11 is 0. The lowest BCUT2D eigenvalue weighted by Gasteiger charge is -2.22. The van der Waals surface area contributed by atoms with Crippen LogP contribution in [0.25, 0.3) is 10.8 Å². The predicted molar refractivity (Wildman–Crippen MR) is 124 cm³/mol. The molecule has 1 aliphatic rings. The summed E-state index contributed by atoms with van der Waals surface area (Å²) in [6, 6.07) is 7.58. The fourth-order valence-corrected chi connectivity index (χ4v) is 3.51. The molecule has 8 nitrogen and oxygen atoms in total. The number of amides is 1. The number of carbonyl (C=O) groups is 2. The first-order chi connectivity index (χ1) is 16.0. The smallest absolute Gasteiger partial charge is 0.412 e. The molecule has 0 unspecified atom stereocenters. The molecule has 0 radical (unpaired) electrons. The van der Waals surface area contributed by atoms with E-state index < -0.39 is 12.1 Å². The third-order valence-electron chi connectivity index (χ3n) is 5.00. The van der Waals surface area contributed by atoms with Gasteiger partial charge in [0.15, 0.2) is 0 Å². The van der Waals surface area contributed by atoms with Crippen molar-refractivity contribution in [2.24, 2.45) is 0 Å². The van der Waals surface area contributed by atoms with Gasteiger partial charge in [-0.3, -0.25) is 0 Å². The molecular weight excluding hydrogens is 426 g/mol. The Balaban J connectivity index is 1.63. The summed E-state index contributed by atoms with van der Waals surface area (Å²) in [5.74, 6) is 0.761. The van der Waals surface area contributed by atoms with Gasteiger partial charge in [0.25, 0.3) is 0 Å². The van der Waals surface area contributed by atoms with Crippen molar-refractivity contribution in [3.63, 3.8) is 0 Å². The second-order valence-electron chi connectivity index (χ2n) is 7.46. The number of aliphatic hydroxyl groups excluding tert-OH is 1. The van der Waals surface area contributed by atoms with Crippen molar-refractivity contribution in [1.29, 1.82) is 0 Å². The quantitative estimate of drug-likeness (QED) is 0.232. The molecule has 0 bridgehead atoms. The average molecular weight is 456 g/mol. The molecule has 8 heteroatoms. The molecule has 33 heavy (non-hydrogen) atoms. The second kappa shape index (κ2) is 12.0. The Morgan fingerprint density at radius 2 is 1.67 bits per heavy atom. The normalized spacial score (nSPS) is 12.2. The number of rotatable bonds is 11. The lowest BCUT2D eigenvalue weighted by molar-refractivity contribution is -0.140. The van der Waals surface area contributed by atoms with Crippen LogP contribution in [-0.4, -0.2) is 56.7 Å². The van der Waals surface area contributed by atoms with Gasteiger partial charge in [-0.15, -0.1) is 0 Å². The molecule has 2 aromatic carbocycles. The van der Waals surface area contributed by atoms with E-state index in [-0.39, 0.29) is 39.6 Å². The summed E-state index contributed by atoms with van der Waals surface area (Å²) < 4.78 is 21.9. The van der Waals surface area contributed by atoms with Crippen molar-refractivity contribution in [1.82, 2.24) is 5.32 Å². The number of hydrogen-bond acceptors (Lipinski definition) is 7. The average Bonchev–Trinajstić information content (AvgIpc) is 2.82. The third kappa shape index (κ3) is 6.34. The van der Waals surface area contributed by atoms with Gasteiger partial charge in [-0.1, -0.05) is 43.0 Å². The summed E-state index contributed by atoms with van der Waals surface area (Å²) in [6.07, 6.45) is 4.77. The molecule has 0 aliphatic heterocycles. The highest BCUT2D eigenvalue weighted by Gasteiger charge is 2.23. The number of carbonyl (C=O) groups excluding carboxylic acids is 2. The highest BCUT2D eigenvalue weighted by atomic mass is 16.6. The molecule has 0 heterocycles. The molecule has 0 aromatic heterocycles. The van der Waals surface area contributed by atoms with Crippen LogP contribution in [0.3, 0.4) is 0 Å². The number of fused-ring (bicyclic) bond motifs is 2. The van der Waals surface area contributed by atoms with Crippen molar-refractivity contribution >= 4 is 22.8 Å². The molecule has 3 rings (SSSR count). The van der Waals surface area contributed by atoms with Crippen LogP contribution in [0.5, 0.6) is 11.5 Å². The van der Waals surface area contributed by atoms with E-state index in [1.54, 1.807) is 6.92 Å². The Labute approximate surface area is 192 Å². The summed E-state index contributed by atoms with van der Waals surface area (Å²) in [5, 5.41) is 13.5. The topological polar surface area (TPSA) is 103 Å². The minimum atomic E-state index is -0.585. The fourth-order valence-electron chi connectivity index (χ4n) is 3.51. The molecule has 2 aromatic rings. The van der Waals surface area contributed by atoms with Gasteiger partial charge in [-0.05, 0) is 19.8 Å². The predicted octanol–water partition coefficient (Wildman–Crippen LogP) is 3.09. The van der Waals surface area contributed by atoms with Crippen molar-refractivity contribution in [3.8, 4) is 11.5 Å². The van der Waals surface area contributed by atoms with E-state index in [1.165, 1.54) is 0 Å². The SMILES string of the molecule is C=C(C)C(=O)OCCOCCNC(=O)Oc1c2c(c(OCCO)c3ccccc13)CC=CC2. The first-order valence-corrected chi connectivity index (χ1v) is 10.8. The highest BCUT2D eigenvalue weighted by molar-refractivity contribution is 5.97. The lowest BCUT2D eigenvalue weighted by Crippen LogP contribution is -2.31. The molecule has 1 aliphatic carbocycles. The van der Waals surface area contributed by atoms with E-state index >= 15 is 0 Å². The Morgan fingerprint density at radius 1 is 1.00 bits per heavy atom. The third-order valence-corrected chi connectivity index (χ3v) is 5.00. The number of esters is 1. The molecule has 0 atom stereocenters. The van der Waals surface area contributed by atoms with Crippen LogP contribution in [0.2, 0.25) is 0 Å². The van der Waals surface area contributed by atoms with Gasteiger partial charge in [0.1, 0.15) is 24.7 Å². The minimum Gasteiger partial charge on any atom is -0.490 e. The number of hydrogen-bond donors (Lipinski definition) is 2. The zero-order valence-corrected chi connectivity index (χ0v) is 18.7. The Kier molecular flexibility index (Phi) is 8.86. The maximum Gasteiger partial charge on any atom is 0.412 e. The van der Waals surface area contributed by atoms with E-state index in [2.05, 4.69) is 18.0 Å². The Morgan fingerprint density at radius 3 is 2.33 bits per heavy atom. The van der Waals surface area contributed by atoms with Crippen LogP contribution in [0.15, 0.2) is 48.6 Å². The fraction of sp³-hybridized carbons (Fsp3) is 0.360. The highest BCUT2D eigenvalue weighted by Crippen LogP contribution is 2.43. The summed E-state index contributed by atoms with van der Waals surface area (Å²) in [7, 11) is 0. The van der Waals surface area contributed by atoms with E-state index in [0.717, 1.165) is 21.9 Å². The first-order valence-electron chi connectivity index (χ1n) is 10.8. The molecular formula is C25H29NO7. The van der Waals surface area contributed by atoms with Crippen LogP contribution in [-0.2, 0) is 27.1 Å². The standard InChI is InChI=1S/C25H29NO7/c1-17(2)24(28)32-16-15-30-13-11-26-25(29)33-23-20-9-5-3-7-18(20)22(31-14-12-27)19-8-4-6-10-21(19)23/h3-7,9,27H,1,8,10-16H2,2H3,(H,26,29). The number of nitrogens with one attached hydrogen (secondary N) is 1. The molecule has 0 saturated carbocycles. The summed E-state index contributed by atoms with van der Waals surface area (Å²) in [4.78, 5) is 23.8. The molecule has 176 valence electrons. The summed E-state index contributed by atoms with van der Waals surface area (Å²) in [6.45, 7) is 6.00. The van der Waals surface area contributed by atoms with Crippen molar-refractivity contribution in [2.75, 3.05) is 39.6 Å². The number of ether oxygens (including phenoxy) is 4. The largest absolute Gasteiger partial charge is 0.490 e. The van der Waals surface area contributed by atoms with Crippen LogP contribution in [0, 0.1) is 0 Å². The molecule has 0 saturated heterocycles. The van der Waals surface area contributed by atoms with Crippen molar-refractivity contribution in [2.45, 2.75) is 19.8 Å².